The molecule has 1 aliphatic rings. The molecule has 1 saturated heterocycles. The molecular formula is C29H23NO4. The molecule has 1 atom stereocenters. The van der Waals surface area contributed by atoms with Crippen molar-refractivity contribution in [3.05, 3.63) is 113 Å². The van der Waals surface area contributed by atoms with Gasteiger partial charge in [-0.1, -0.05) is 78.4 Å². The second kappa shape index (κ2) is 8.52. The smallest absolute Gasteiger partial charge is 0.300 e. The molecule has 1 unspecified atom stereocenters. The van der Waals surface area contributed by atoms with Gasteiger partial charge in [0.15, 0.2) is 0 Å². The van der Waals surface area contributed by atoms with Crippen LogP contribution in [0.15, 0.2) is 96.6 Å². The molecule has 1 heterocycles. The maximum Gasteiger partial charge on any atom is 0.300 e. The van der Waals surface area contributed by atoms with Gasteiger partial charge in [0.1, 0.15) is 11.5 Å². The molecule has 1 aliphatic heterocycles. The zero-order valence-corrected chi connectivity index (χ0v) is 18.9. The molecule has 4 aromatic rings. The number of carbonyl (C=O) groups excluding carboxylic acids is 2. The van der Waals surface area contributed by atoms with Crippen molar-refractivity contribution in [1.29, 1.82) is 0 Å². The summed E-state index contributed by atoms with van der Waals surface area (Å²) in [4.78, 5) is 28.2. The van der Waals surface area contributed by atoms with Crippen LogP contribution in [0.25, 0.3) is 16.5 Å². The molecule has 34 heavy (non-hydrogen) atoms. The number of ketones is 1. The quantitative estimate of drug-likeness (QED) is 0.244. The second-order valence-electron chi connectivity index (χ2n) is 8.31. The van der Waals surface area contributed by atoms with Crippen molar-refractivity contribution in [2.24, 2.45) is 0 Å². The number of anilines is 1. The normalized spacial score (nSPS) is 17.4. The fraction of sp³-hybridized carbons (Fsp3) is 0.103. The summed E-state index contributed by atoms with van der Waals surface area (Å²) >= 11 is 0. The number of amides is 1. The lowest BCUT2D eigenvalue weighted by molar-refractivity contribution is -0.132. The van der Waals surface area contributed by atoms with Gasteiger partial charge in [-0.05, 0) is 35.4 Å². The summed E-state index contributed by atoms with van der Waals surface area (Å²) in [7, 11) is 1.55. The van der Waals surface area contributed by atoms with Crippen molar-refractivity contribution in [2.75, 3.05) is 12.0 Å². The molecule has 0 radical (unpaired) electrons. The summed E-state index contributed by atoms with van der Waals surface area (Å²) < 4.78 is 5.34. The van der Waals surface area contributed by atoms with E-state index in [9.17, 15) is 14.7 Å². The summed E-state index contributed by atoms with van der Waals surface area (Å²) in [6.07, 6.45) is 0. The third-order valence-corrected chi connectivity index (χ3v) is 6.18. The minimum atomic E-state index is -0.786. The van der Waals surface area contributed by atoms with Crippen LogP contribution in [0, 0.1) is 6.92 Å². The van der Waals surface area contributed by atoms with Crippen LogP contribution in [0.4, 0.5) is 5.69 Å². The molecule has 0 saturated carbocycles. The van der Waals surface area contributed by atoms with Crippen LogP contribution in [-0.4, -0.2) is 23.9 Å². The minimum absolute atomic E-state index is 0.0646. The maximum absolute atomic E-state index is 13.4. The Morgan fingerprint density at radius 2 is 1.62 bits per heavy atom. The summed E-state index contributed by atoms with van der Waals surface area (Å²) in [5.74, 6) is -1.04. The highest BCUT2D eigenvalue weighted by atomic mass is 16.5. The van der Waals surface area contributed by atoms with Crippen LogP contribution in [0.5, 0.6) is 5.75 Å². The Bertz CT molecular complexity index is 1460. The standard InChI is InChI=1S/C29H23NO4/c1-18-8-5-11-20(16-18)26-25(27(31)24-15-6-10-19-9-3-4-14-23(19)24)28(32)29(33)30(26)21-12-7-13-22(17-21)34-2/h3-17,26,31H,1-2H3/b27-25-. The highest BCUT2D eigenvalue weighted by Crippen LogP contribution is 2.43. The Kier molecular flexibility index (Phi) is 5.38. The van der Waals surface area contributed by atoms with E-state index in [0.717, 1.165) is 21.9 Å². The second-order valence-corrected chi connectivity index (χ2v) is 8.31. The molecule has 0 aliphatic carbocycles. The van der Waals surface area contributed by atoms with E-state index in [1.807, 2.05) is 67.6 Å². The average Bonchev–Trinajstić information content (AvgIpc) is 3.13. The number of benzene rings is 4. The molecule has 0 spiro atoms. The van der Waals surface area contributed by atoms with Crippen LogP contribution in [-0.2, 0) is 9.59 Å². The lowest BCUT2D eigenvalue weighted by Gasteiger charge is -2.26. The van der Waals surface area contributed by atoms with E-state index < -0.39 is 17.7 Å². The zero-order chi connectivity index (χ0) is 23.8. The van der Waals surface area contributed by atoms with Crippen LogP contribution < -0.4 is 9.64 Å². The van der Waals surface area contributed by atoms with Crippen molar-refractivity contribution in [1.82, 2.24) is 0 Å². The summed E-state index contributed by atoms with van der Waals surface area (Å²) in [6, 6.07) is 27.0. The van der Waals surface area contributed by atoms with Gasteiger partial charge >= 0.3 is 0 Å². The van der Waals surface area contributed by atoms with Crippen LogP contribution in [0.1, 0.15) is 22.7 Å². The number of methoxy groups -OCH3 is 1. The van der Waals surface area contributed by atoms with E-state index >= 15 is 0 Å². The minimum Gasteiger partial charge on any atom is -0.507 e. The Morgan fingerprint density at radius 3 is 2.41 bits per heavy atom. The van der Waals surface area contributed by atoms with E-state index in [2.05, 4.69) is 0 Å². The van der Waals surface area contributed by atoms with Gasteiger partial charge in [0.2, 0.25) is 0 Å². The van der Waals surface area contributed by atoms with E-state index in [0.29, 0.717) is 17.0 Å². The monoisotopic (exact) mass is 449 g/mol. The number of ether oxygens (including phenoxy) is 1. The van der Waals surface area contributed by atoms with Gasteiger partial charge in [-0.2, -0.15) is 0 Å². The molecule has 1 amide bonds. The first-order valence-electron chi connectivity index (χ1n) is 11.0. The van der Waals surface area contributed by atoms with Crippen LogP contribution in [0.2, 0.25) is 0 Å². The topological polar surface area (TPSA) is 66.8 Å². The first-order chi connectivity index (χ1) is 16.5. The third kappa shape index (κ3) is 3.52. The Balaban J connectivity index is 1.78. The molecule has 5 heteroatoms. The number of aliphatic hydroxyl groups is 1. The van der Waals surface area contributed by atoms with Crippen molar-refractivity contribution < 1.29 is 19.4 Å². The summed E-state index contributed by atoms with van der Waals surface area (Å²) in [6.45, 7) is 1.95. The molecule has 168 valence electrons. The molecule has 1 fully saturated rings. The lowest BCUT2D eigenvalue weighted by Crippen LogP contribution is -2.29. The lowest BCUT2D eigenvalue weighted by atomic mass is 9.92. The molecule has 5 nitrogen and oxygen atoms in total. The van der Waals surface area contributed by atoms with Gasteiger partial charge in [-0.25, -0.2) is 0 Å². The van der Waals surface area contributed by atoms with E-state index in [1.165, 1.54) is 4.90 Å². The van der Waals surface area contributed by atoms with Crippen LogP contribution >= 0.6 is 0 Å². The zero-order valence-electron chi connectivity index (χ0n) is 18.9. The van der Waals surface area contributed by atoms with Crippen molar-refractivity contribution in [3.63, 3.8) is 0 Å². The number of hydrogen-bond acceptors (Lipinski definition) is 4. The average molecular weight is 450 g/mol. The largest absolute Gasteiger partial charge is 0.507 e. The fourth-order valence-electron chi connectivity index (χ4n) is 4.59. The van der Waals surface area contributed by atoms with E-state index in [4.69, 9.17) is 4.74 Å². The first kappa shape index (κ1) is 21.5. The Hall–Kier alpha value is -4.38. The third-order valence-electron chi connectivity index (χ3n) is 6.18. The van der Waals surface area contributed by atoms with Gasteiger partial charge < -0.3 is 9.84 Å². The van der Waals surface area contributed by atoms with Gasteiger partial charge in [0.25, 0.3) is 11.7 Å². The van der Waals surface area contributed by atoms with Crippen LogP contribution in [0.3, 0.4) is 0 Å². The van der Waals surface area contributed by atoms with Crippen molar-refractivity contribution in [2.45, 2.75) is 13.0 Å². The highest BCUT2D eigenvalue weighted by Gasteiger charge is 2.47. The van der Waals surface area contributed by atoms with Crippen molar-refractivity contribution >= 4 is 33.9 Å². The SMILES string of the molecule is COc1cccc(N2C(=O)C(=O)/C(=C(\O)c3cccc4ccccc34)C2c2cccc(C)c2)c1. The Labute approximate surface area is 197 Å². The molecule has 5 rings (SSSR count). The number of rotatable bonds is 4. The molecular weight excluding hydrogens is 426 g/mol. The number of aryl methyl sites for hydroxylation is 1. The van der Waals surface area contributed by atoms with E-state index in [1.54, 1.807) is 37.4 Å². The van der Waals surface area contributed by atoms with Gasteiger partial charge in [0.05, 0.1) is 18.7 Å². The predicted octanol–water partition coefficient (Wildman–Crippen LogP) is 5.78. The predicted molar refractivity (Wildman–Crippen MR) is 133 cm³/mol. The highest BCUT2D eigenvalue weighted by molar-refractivity contribution is 6.51. The first-order valence-corrected chi connectivity index (χ1v) is 11.0. The molecule has 0 bridgehead atoms. The Morgan fingerprint density at radius 1 is 0.882 bits per heavy atom. The summed E-state index contributed by atoms with van der Waals surface area (Å²) in [5.41, 5.74) is 2.82. The van der Waals surface area contributed by atoms with Gasteiger partial charge in [-0.15, -0.1) is 0 Å². The summed E-state index contributed by atoms with van der Waals surface area (Å²) in [5, 5.41) is 13.3. The number of fused-ring (bicyclic) bond motifs is 1. The maximum atomic E-state index is 13.4. The number of hydrogen-bond donors (Lipinski definition) is 1. The van der Waals surface area contributed by atoms with Gasteiger partial charge in [-0.3, -0.25) is 14.5 Å². The van der Waals surface area contributed by atoms with E-state index in [-0.39, 0.29) is 11.3 Å². The number of Topliss-reactive ketones (excluding diaryl/α,β-unsaturated/α-hetero) is 1. The number of nitrogens with zero attached hydrogens (tertiary/aromatic N) is 1. The fourth-order valence-corrected chi connectivity index (χ4v) is 4.59. The number of carbonyl (C=O) groups is 2. The molecule has 1 N–H and O–H groups in total. The molecule has 0 aromatic heterocycles. The van der Waals surface area contributed by atoms with Gasteiger partial charge in [0, 0.05) is 17.3 Å². The number of aliphatic hydroxyl groups excluding tert-OH is 1. The van der Waals surface area contributed by atoms with Crippen molar-refractivity contribution in [3.8, 4) is 5.75 Å². The molecule has 4 aromatic carbocycles.